The average molecular weight is 603 g/mol. The summed E-state index contributed by atoms with van der Waals surface area (Å²) in [4.78, 5) is 0. The van der Waals surface area contributed by atoms with E-state index in [1.807, 2.05) is 0 Å². The number of rotatable bonds is 3. The van der Waals surface area contributed by atoms with Gasteiger partial charge in [0.2, 0.25) is 0 Å². The van der Waals surface area contributed by atoms with E-state index in [0.717, 1.165) is 12.8 Å². The summed E-state index contributed by atoms with van der Waals surface area (Å²) in [6.45, 7) is 4.73. The summed E-state index contributed by atoms with van der Waals surface area (Å²) in [5.74, 6) is 0. The Morgan fingerprint density at radius 1 is 0.489 bits per heavy atom. The molecule has 0 bridgehead atoms. The Balaban J connectivity index is 1.22. The number of hydrogen-bond donors (Lipinski definition) is 0. The van der Waals surface area contributed by atoms with Crippen LogP contribution in [0.1, 0.15) is 37.8 Å². The van der Waals surface area contributed by atoms with Crippen molar-refractivity contribution in [3.05, 3.63) is 157 Å². The molecule has 0 amide bonds. The number of hydrogen-bond acceptors (Lipinski definition) is 0. The van der Waals surface area contributed by atoms with Gasteiger partial charge in [0.05, 0.1) is 22.1 Å². The highest BCUT2D eigenvalue weighted by Crippen LogP contribution is 2.51. The molecule has 2 heterocycles. The Labute approximate surface area is 274 Å². The molecule has 6 aromatic carbocycles. The number of aromatic nitrogens is 2. The number of nitrogens with zero attached hydrogens (tertiary/aromatic N) is 2. The lowest BCUT2D eigenvalue weighted by atomic mass is 9.82. The first-order chi connectivity index (χ1) is 23.1. The van der Waals surface area contributed by atoms with Gasteiger partial charge in [-0.1, -0.05) is 98.8 Å². The summed E-state index contributed by atoms with van der Waals surface area (Å²) in [5, 5.41) is 5.17. The molecule has 224 valence electrons. The molecule has 47 heavy (non-hydrogen) atoms. The Morgan fingerprint density at radius 3 is 1.94 bits per heavy atom. The molecule has 0 aliphatic heterocycles. The molecule has 2 aliphatic rings. The molecule has 8 aromatic rings. The highest BCUT2D eigenvalue weighted by Gasteiger charge is 2.36. The Bertz CT molecular complexity index is 2640. The third kappa shape index (κ3) is 3.73. The third-order valence-corrected chi connectivity index (χ3v) is 10.7. The molecule has 2 aromatic heterocycles. The summed E-state index contributed by atoms with van der Waals surface area (Å²) in [5.41, 5.74) is 15.4. The minimum Gasteiger partial charge on any atom is -0.310 e. The van der Waals surface area contributed by atoms with Gasteiger partial charge in [-0.2, -0.15) is 0 Å². The van der Waals surface area contributed by atoms with Crippen molar-refractivity contribution in [2.24, 2.45) is 0 Å². The molecule has 2 nitrogen and oxygen atoms in total. The fourth-order valence-electron chi connectivity index (χ4n) is 8.44. The van der Waals surface area contributed by atoms with Gasteiger partial charge in [0.25, 0.3) is 0 Å². The minimum atomic E-state index is -0.0543. The van der Waals surface area contributed by atoms with Gasteiger partial charge in [-0.05, 0) is 107 Å². The zero-order valence-electron chi connectivity index (χ0n) is 26.7. The summed E-state index contributed by atoms with van der Waals surface area (Å²) >= 11 is 0. The second-order valence-corrected chi connectivity index (χ2v) is 13.7. The maximum absolute atomic E-state index is 2.46. The Morgan fingerprint density at radius 2 is 1.15 bits per heavy atom. The topological polar surface area (TPSA) is 9.86 Å². The molecule has 0 unspecified atom stereocenters. The van der Waals surface area contributed by atoms with Crippen LogP contribution in [-0.2, 0) is 5.41 Å². The van der Waals surface area contributed by atoms with Crippen LogP contribution in [0.3, 0.4) is 0 Å². The van der Waals surface area contributed by atoms with Gasteiger partial charge in [0.15, 0.2) is 0 Å². The van der Waals surface area contributed by atoms with Crippen LogP contribution in [0, 0.1) is 0 Å². The van der Waals surface area contributed by atoms with Crippen LogP contribution < -0.4 is 0 Å². The number of fused-ring (bicyclic) bond motifs is 9. The highest BCUT2D eigenvalue weighted by atomic mass is 15.0. The zero-order valence-corrected chi connectivity index (χ0v) is 26.7. The Hall–Kier alpha value is -5.60. The van der Waals surface area contributed by atoms with Gasteiger partial charge in [0.1, 0.15) is 0 Å². The van der Waals surface area contributed by atoms with Gasteiger partial charge in [-0.25, -0.2) is 0 Å². The van der Waals surface area contributed by atoms with Crippen LogP contribution in [0.15, 0.2) is 146 Å². The lowest BCUT2D eigenvalue weighted by molar-refractivity contribution is 0.661. The van der Waals surface area contributed by atoms with Crippen molar-refractivity contribution in [3.63, 3.8) is 0 Å². The second-order valence-electron chi connectivity index (χ2n) is 13.7. The minimum absolute atomic E-state index is 0.0543. The van der Waals surface area contributed by atoms with E-state index in [0.29, 0.717) is 0 Å². The quantitative estimate of drug-likeness (QED) is 0.190. The van der Waals surface area contributed by atoms with E-state index in [-0.39, 0.29) is 5.41 Å². The number of benzene rings is 6. The van der Waals surface area contributed by atoms with E-state index in [2.05, 4.69) is 169 Å². The van der Waals surface area contributed by atoms with Crippen LogP contribution in [0.25, 0.3) is 77.2 Å². The van der Waals surface area contributed by atoms with E-state index in [9.17, 15) is 0 Å². The monoisotopic (exact) mass is 602 g/mol. The number of para-hydroxylation sites is 2. The van der Waals surface area contributed by atoms with Crippen LogP contribution in [-0.4, -0.2) is 9.13 Å². The largest absolute Gasteiger partial charge is 0.310 e. The van der Waals surface area contributed by atoms with Crippen molar-refractivity contribution in [3.8, 4) is 27.9 Å². The van der Waals surface area contributed by atoms with Crippen molar-refractivity contribution in [1.82, 2.24) is 9.13 Å². The SMILES string of the molecule is CC1(C)c2ccccc2-c2cc3c4cc(-c5ccc6c(c5)c5ccccc5n6C5=CCCC=C5)ccc4n(-c4ccccc4)c3cc21. The lowest BCUT2D eigenvalue weighted by Crippen LogP contribution is -2.14. The molecule has 0 N–H and O–H groups in total. The fraction of sp³-hybridized carbons (Fsp3) is 0.111. The van der Waals surface area contributed by atoms with Crippen molar-refractivity contribution in [1.29, 1.82) is 0 Å². The van der Waals surface area contributed by atoms with Crippen LogP contribution >= 0.6 is 0 Å². The molecule has 10 rings (SSSR count). The molecular weight excluding hydrogens is 569 g/mol. The summed E-state index contributed by atoms with van der Waals surface area (Å²) in [6, 6.07) is 47.6. The number of allylic oxidation sites excluding steroid dienone is 4. The molecule has 0 radical (unpaired) electrons. The zero-order chi connectivity index (χ0) is 31.3. The van der Waals surface area contributed by atoms with Gasteiger partial charge >= 0.3 is 0 Å². The van der Waals surface area contributed by atoms with Crippen molar-refractivity contribution < 1.29 is 0 Å². The first kappa shape index (κ1) is 26.6. The standard InChI is InChI=1S/C45H34N2/c1-45(2)39-19-11-9-17-33(39)35-27-38-37-26-30(22-24-43(37)47(44(38)28-40(35)45)32-15-7-4-8-16-32)29-21-23-42-36(25-29)34-18-10-12-20-41(34)46(42)31-13-5-3-6-14-31/h4-5,7-28H,3,6H2,1-2H3. The molecule has 2 aliphatic carbocycles. The third-order valence-electron chi connectivity index (χ3n) is 10.7. The maximum atomic E-state index is 2.46. The summed E-state index contributed by atoms with van der Waals surface area (Å²) in [6.07, 6.45) is 9.13. The second kappa shape index (κ2) is 9.70. The predicted octanol–water partition coefficient (Wildman–Crippen LogP) is 12.1. The summed E-state index contributed by atoms with van der Waals surface area (Å²) < 4.78 is 4.89. The van der Waals surface area contributed by atoms with E-state index in [1.54, 1.807) is 0 Å². The molecule has 0 fully saturated rings. The molecule has 0 saturated heterocycles. The smallest absolute Gasteiger partial charge is 0.0544 e. The van der Waals surface area contributed by atoms with Gasteiger partial charge < -0.3 is 9.13 Å². The van der Waals surface area contributed by atoms with Gasteiger partial charge in [-0.15, -0.1) is 0 Å². The average Bonchev–Trinajstić information content (AvgIpc) is 3.71. The Kier molecular flexibility index (Phi) is 5.49. The van der Waals surface area contributed by atoms with Crippen molar-refractivity contribution in [2.45, 2.75) is 32.1 Å². The highest BCUT2D eigenvalue weighted by molar-refractivity contribution is 6.14. The lowest BCUT2D eigenvalue weighted by Gasteiger charge is -2.21. The van der Waals surface area contributed by atoms with Gasteiger partial charge in [0, 0.05) is 38.3 Å². The normalized spacial score (nSPS) is 15.1. The van der Waals surface area contributed by atoms with E-state index in [1.165, 1.54) is 88.4 Å². The van der Waals surface area contributed by atoms with Crippen LogP contribution in [0.5, 0.6) is 0 Å². The molecule has 0 atom stereocenters. The fourth-order valence-corrected chi connectivity index (χ4v) is 8.44. The van der Waals surface area contributed by atoms with Crippen LogP contribution in [0.2, 0.25) is 0 Å². The van der Waals surface area contributed by atoms with E-state index in [4.69, 9.17) is 0 Å². The maximum Gasteiger partial charge on any atom is 0.0544 e. The van der Waals surface area contributed by atoms with E-state index < -0.39 is 0 Å². The van der Waals surface area contributed by atoms with Crippen molar-refractivity contribution >= 4 is 49.3 Å². The van der Waals surface area contributed by atoms with Gasteiger partial charge in [-0.3, -0.25) is 0 Å². The van der Waals surface area contributed by atoms with E-state index >= 15 is 0 Å². The first-order valence-corrected chi connectivity index (χ1v) is 16.8. The van der Waals surface area contributed by atoms with Crippen molar-refractivity contribution in [2.75, 3.05) is 0 Å². The molecule has 0 saturated carbocycles. The first-order valence-electron chi connectivity index (χ1n) is 16.8. The summed E-state index contributed by atoms with van der Waals surface area (Å²) in [7, 11) is 0. The molecule has 0 spiro atoms. The molecule has 2 heteroatoms. The molecular formula is C45H34N2. The van der Waals surface area contributed by atoms with Crippen LogP contribution in [0.4, 0.5) is 0 Å². The predicted molar refractivity (Wildman–Crippen MR) is 199 cm³/mol.